The Bertz CT molecular complexity index is 994. The number of ketones is 1. The largest absolute Gasteiger partial charge is 0.294 e. The number of benzene rings is 3. The van der Waals surface area contributed by atoms with Gasteiger partial charge in [-0.25, -0.2) is 0 Å². The first-order chi connectivity index (χ1) is 13.5. The van der Waals surface area contributed by atoms with Gasteiger partial charge in [0.05, 0.1) is 26.9 Å². The number of nitrogens with zero attached hydrogens (tertiary/aromatic N) is 2. The number of hydrogen-bond donors (Lipinski definition) is 0. The summed E-state index contributed by atoms with van der Waals surface area (Å²) in [4.78, 5) is 13.2. The van der Waals surface area contributed by atoms with E-state index in [1.165, 1.54) is 0 Å². The normalized spacial score (nSPS) is 20.6. The van der Waals surface area contributed by atoms with E-state index in [1.807, 2.05) is 66.7 Å². The summed E-state index contributed by atoms with van der Waals surface area (Å²) < 4.78 is 0.403. The second-order valence-electron chi connectivity index (χ2n) is 7.85. The lowest BCUT2D eigenvalue weighted by molar-refractivity contribution is -0.949. The molecule has 4 rings (SSSR count). The Kier molecular flexibility index (Phi) is 4.70. The van der Waals surface area contributed by atoms with Crippen molar-refractivity contribution in [3.05, 3.63) is 108 Å². The molecule has 1 atom stereocenters. The highest BCUT2D eigenvalue weighted by molar-refractivity contribution is 6.03. The van der Waals surface area contributed by atoms with Gasteiger partial charge in [-0.1, -0.05) is 96.1 Å². The van der Waals surface area contributed by atoms with Crippen LogP contribution in [0.15, 0.2) is 96.1 Å². The van der Waals surface area contributed by atoms with Crippen LogP contribution in [0.5, 0.6) is 0 Å². The Morgan fingerprint density at radius 1 is 0.857 bits per heavy atom. The van der Waals surface area contributed by atoms with Crippen molar-refractivity contribution in [1.29, 1.82) is 0 Å². The predicted molar refractivity (Wildman–Crippen MR) is 113 cm³/mol. The summed E-state index contributed by atoms with van der Waals surface area (Å²) in [6.45, 7) is 0. The molecule has 3 heteroatoms. The fraction of sp³-hybridized carbons (Fsp3) is 0.200. The van der Waals surface area contributed by atoms with Gasteiger partial charge in [-0.2, -0.15) is 4.59 Å². The average molecular weight is 369 g/mol. The van der Waals surface area contributed by atoms with E-state index < -0.39 is 5.54 Å². The summed E-state index contributed by atoms with van der Waals surface area (Å²) in [6, 6.07) is 30.2. The van der Waals surface area contributed by atoms with Gasteiger partial charge in [0.1, 0.15) is 5.71 Å². The first kappa shape index (κ1) is 18.3. The standard InChI is InChI=1S/C25H25N2O/c1-27(2)25(22-16-10-5-11-17-22,19-24(28)21-14-8-4-9-15-21)18-23(26-27)20-12-6-3-7-13-20/h3-17H,18-19H2,1-2H3/q+1/t25-/m1/s1. The van der Waals surface area contributed by atoms with E-state index in [-0.39, 0.29) is 5.78 Å². The van der Waals surface area contributed by atoms with Crippen LogP contribution >= 0.6 is 0 Å². The zero-order valence-corrected chi connectivity index (χ0v) is 16.4. The van der Waals surface area contributed by atoms with E-state index in [0.29, 0.717) is 11.0 Å². The molecule has 140 valence electrons. The second-order valence-corrected chi connectivity index (χ2v) is 7.85. The van der Waals surface area contributed by atoms with E-state index >= 15 is 0 Å². The van der Waals surface area contributed by atoms with E-state index in [0.717, 1.165) is 28.8 Å². The van der Waals surface area contributed by atoms with Crippen molar-refractivity contribution in [3.63, 3.8) is 0 Å². The number of quaternary nitrogens is 1. The monoisotopic (exact) mass is 369 g/mol. The van der Waals surface area contributed by atoms with Crippen LogP contribution in [-0.2, 0) is 5.54 Å². The molecule has 3 aromatic carbocycles. The van der Waals surface area contributed by atoms with Crippen molar-refractivity contribution in [2.75, 3.05) is 14.1 Å². The van der Waals surface area contributed by atoms with Crippen LogP contribution in [0.1, 0.15) is 34.3 Å². The van der Waals surface area contributed by atoms with Gasteiger partial charge in [0.25, 0.3) is 0 Å². The minimum Gasteiger partial charge on any atom is -0.294 e. The first-order valence-corrected chi connectivity index (χ1v) is 9.64. The van der Waals surface area contributed by atoms with Crippen LogP contribution in [-0.4, -0.2) is 30.2 Å². The van der Waals surface area contributed by atoms with Gasteiger partial charge in [0.15, 0.2) is 11.3 Å². The molecule has 0 radical (unpaired) electrons. The highest BCUT2D eigenvalue weighted by Crippen LogP contribution is 2.46. The zero-order chi connectivity index (χ0) is 19.6. The fourth-order valence-corrected chi connectivity index (χ4v) is 4.21. The lowest BCUT2D eigenvalue weighted by Gasteiger charge is -2.39. The number of rotatable bonds is 5. The Morgan fingerprint density at radius 3 is 2.00 bits per heavy atom. The first-order valence-electron chi connectivity index (χ1n) is 9.64. The second kappa shape index (κ2) is 7.17. The molecule has 3 nitrogen and oxygen atoms in total. The van der Waals surface area contributed by atoms with Crippen LogP contribution in [0.4, 0.5) is 0 Å². The van der Waals surface area contributed by atoms with Crippen molar-refractivity contribution in [2.24, 2.45) is 5.10 Å². The molecule has 0 spiro atoms. The number of carbonyl (C=O) groups excluding carboxylic acids is 1. The minimum absolute atomic E-state index is 0.153. The fourth-order valence-electron chi connectivity index (χ4n) is 4.21. The third kappa shape index (κ3) is 3.19. The van der Waals surface area contributed by atoms with Gasteiger partial charge in [-0.3, -0.25) is 4.79 Å². The SMILES string of the molecule is C[N+]1(C)N=C(c2ccccc2)C[C@@]1(CC(=O)c1ccccc1)c1ccccc1. The zero-order valence-electron chi connectivity index (χ0n) is 16.4. The molecule has 0 N–H and O–H groups in total. The molecule has 0 fully saturated rings. The Balaban J connectivity index is 1.78. The van der Waals surface area contributed by atoms with Gasteiger partial charge in [-0.15, -0.1) is 0 Å². The molecular formula is C25H25N2O+. The molecule has 3 aromatic rings. The summed E-state index contributed by atoms with van der Waals surface area (Å²) >= 11 is 0. The van der Waals surface area contributed by atoms with Crippen molar-refractivity contribution >= 4 is 11.5 Å². The number of Topliss-reactive ketones (excluding diaryl/α,β-unsaturated/α-hetero) is 1. The lowest BCUT2D eigenvalue weighted by Crippen LogP contribution is -2.51. The molecule has 1 aliphatic rings. The molecule has 0 unspecified atom stereocenters. The highest BCUT2D eigenvalue weighted by Gasteiger charge is 2.55. The maximum Gasteiger partial charge on any atom is 0.169 e. The summed E-state index contributed by atoms with van der Waals surface area (Å²) in [5.41, 5.74) is 3.65. The van der Waals surface area contributed by atoms with Crippen molar-refractivity contribution in [1.82, 2.24) is 0 Å². The molecule has 0 aromatic heterocycles. The third-order valence-electron chi connectivity index (χ3n) is 5.85. The highest BCUT2D eigenvalue weighted by atomic mass is 16.1. The van der Waals surface area contributed by atoms with Gasteiger partial charge in [0, 0.05) is 16.7 Å². The maximum absolute atomic E-state index is 13.2. The summed E-state index contributed by atoms with van der Waals surface area (Å²) in [6.07, 6.45) is 1.14. The minimum atomic E-state index is -0.431. The summed E-state index contributed by atoms with van der Waals surface area (Å²) in [5.74, 6) is 0.153. The molecule has 28 heavy (non-hydrogen) atoms. The van der Waals surface area contributed by atoms with Crippen LogP contribution in [0.3, 0.4) is 0 Å². The molecule has 0 saturated heterocycles. The maximum atomic E-state index is 13.2. The van der Waals surface area contributed by atoms with Gasteiger partial charge < -0.3 is 0 Å². The molecular weight excluding hydrogens is 344 g/mol. The van der Waals surface area contributed by atoms with E-state index in [9.17, 15) is 4.79 Å². The third-order valence-corrected chi connectivity index (χ3v) is 5.85. The molecule has 1 aliphatic heterocycles. The topological polar surface area (TPSA) is 29.4 Å². The van der Waals surface area contributed by atoms with Gasteiger partial charge in [-0.05, 0) is 0 Å². The smallest absolute Gasteiger partial charge is 0.169 e. The van der Waals surface area contributed by atoms with E-state index in [2.05, 4.69) is 38.4 Å². The quantitative estimate of drug-likeness (QED) is 0.458. The van der Waals surface area contributed by atoms with Gasteiger partial charge in [0.2, 0.25) is 0 Å². The Labute approximate surface area is 166 Å². The molecule has 0 bridgehead atoms. The average Bonchev–Trinajstić information content (AvgIpc) is 3.01. The van der Waals surface area contributed by atoms with E-state index in [4.69, 9.17) is 5.10 Å². The van der Waals surface area contributed by atoms with Crippen LogP contribution in [0, 0.1) is 0 Å². The van der Waals surface area contributed by atoms with Crippen molar-refractivity contribution in [2.45, 2.75) is 18.4 Å². The van der Waals surface area contributed by atoms with Crippen molar-refractivity contribution < 1.29 is 9.39 Å². The Hall–Kier alpha value is -3.04. The predicted octanol–water partition coefficient (Wildman–Crippen LogP) is 5.04. The van der Waals surface area contributed by atoms with Crippen molar-refractivity contribution in [3.8, 4) is 0 Å². The lowest BCUT2D eigenvalue weighted by atomic mass is 9.78. The van der Waals surface area contributed by atoms with Crippen LogP contribution in [0.25, 0.3) is 0 Å². The molecule has 0 saturated carbocycles. The van der Waals surface area contributed by atoms with E-state index in [1.54, 1.807) is 0 Å². The molecule has 0 aliphatic carbocycles. The number of carbonyl (C=O) groups is 1. The summed E-state index contributed by atoms with van der Waals surface area (Å²) in [5, 5.41) is 5.07. The Morgan fingerprint density at radius 2 is 1.39 bits per heavy atom. The molecule has 0 amide bonds. The van der Waals surface area contributed by atoms with Crippen LogP contribution < -0.4 is 0 Å². The summed E-state index contributed by atoms with van der Waals surface area (Å²) in [7, 11) is 4.20. The van der Waals surface area contributed by atoms with Crippen LogP contribution in [0.2, 0.25) is 0 Å². The molecule has 1 heterocycles. The van der Waals surface area contributed by atoms with Gasteiger partial charge >= 0.3 is 0 Å². The number of hydrogen-bond acceptors (Lipinski definition) is 2.